The molecule has 0 spiro atoms. The van der Waals surface area contributed by atoms with E-state index in [1.165, 1.54) is 6.07 Å². The quantitative estimate of drug-likeness (QED) is 0.129. The number of nitrogens with one attached hydrogen (secondary N) is 1. The number of morpholine rings is 1. The van der Waals surface area contributed by atoms with Crippen LogP contribution < -0.4 is 14.8 Å². The van der Waals surface area contributed by atoms with Gasteiger partial charge in [-0.2, -0.15) is 0 Å². The lowest BCUT2D eigenvalue weighted by Crippen LogP contribution is -2.35. The van der Waals surface area contributed by atoms with E-state index in [2.05, 4.69) is 27.5 Å². The SMILES string of the molecule is CCNC(=O)c1noc(-c2cc(-c3ccccc3F)c(OCc3ccccc3)cc2OCc2ccccc2)c1-c1ccc(CN2CCOCC2)cc1. The van der Waals surface area contributed by atoms with Crippen LogP contribution in [0.3, 0.4) is 0 Å². The van der Waals surface area contributed by atoms with Crippen LogP contribution in [0.5, 0.6) is 11.5 Å². The van der Waals surface area contributed by atoms with Gasteiger partial charge in [-0.05, 0) is 41.3 Å². The van der Waals surface area contributed by atoms with Crippen molar-refractivity contribution in [2.24, 2.45) is 0 Å². The second-order valence-corrected chi connectivity index (χ2v) is 12.6. The van der Waals surface area contributed by atoms with Gasteiger partial charge in [0.25, 0.3) is 5.91 Å². The summed E-state index contributed by atoms with van der Waals surface area (Å²) in [6, 6.07) is 37.8. The average Bonchev–Trinajstić information content (AvgIpc) is 3.63. The van der Waals surface area contributed by atoms with Crippen molar-refractivity contribution >= 4 is 5.91 Å². The molecule has 2 heterocycles. The van der Waals surface area contributed by atoms with Gasteiger partial charge >= 0.3 is 0 Å². The lowest BCUT2D eigenvalue weighted by Gasteiger charge is -2.26. The molecular weight excluding hydrogens is 657 g/mol. The smallest absolute Gasteiger partial charge is 0.274 e. The summed E-state index contributed by atoms with van der Waals surface area (Å²) < 4.78 is 40.1. The number of aromatic nitrogens is 1. The summed E-state index contributed by atoms with van der Waals surface area (Å²) in [5.74, 6) is 0.396. The molecule has 1 aliphatic rings. The molecule has 0 saturated carbocycles. The highest BCUT2D eigenvalue weighted by molar-refractivity contribution is 6.03. The Bertz CT molecular complexity index is 2100. The monoisotopic (exact) mass is 697 g/mol. The molecule has 9 heteroatoms. The van der Waals surface area contributed by atoms with Crippen LogP contribution in [0, 0.1) is 5.82 Å². The summed E-state index contributed by atoms with van der Waals surface area (Å²) >= 11 is 0. The van der Waals surface area contributed by atoms with E-state index in [0.717, 1.165) is 55.1 Å². The highest BCUT2D eigenvalue weighted by Gasteiger charge is 2.28. The Morgan fingerprint density at radius 3 is 2.00 bits per heavy atom. The van der Waals surface area contributed by atoms with Crippen LogP contribution >= 0.6 is 0 Å². The molecule has 6 aromatic rings. The topological polar surface area (TPSA) is 86.1 Å². The summed E-state index contributed by atoms with van der Waals surface area (Å²) in [6.07, 6.45) is 0. The van der Waals surface area contributed by atoms with Crippen molar-refractivity contribution in [2.75, 3.05) is 32.8 Å². The molecular formula is C43H40FN3O5. The summed E-state index contributed by atoms with van der Waals surface area (Å²) in [5.41, 5.74) is 5.78. The lowest BCUT2D eigenvalue weighted by molar-refractivity contribution is 0.0342. The molecule has 5 aromatic carbocycles. The summed E-state index contributed by atoms with van der Waals surface area (Å²) in [4.78, 5) is 15.8. The molecule has 1 N–H and O–H groups in total. The van der Waals surface area contributed by atoms with Crippen LogP contribution in [0.1, 0.15) is 34.1 Å². The molecule has 7 rings (SSSR count). The van der Waals surface area contributed by atoms with Gasteiger partial charge in [-0.3, -0.25) is 9.69 Å². The Morgan fingerprint density at radius 2 is 1.37 bits per heavy atom. The number of hydrogen-bond acceptors (Lipinski definition) is 7. The molecule has 0 unspecified atom stereocenters. The van der Waals surface area contributed by atoms with Gasteiger partial charge in [0.1, 0.15) is 30.5 Å². The Hall–Kier alpha value is -5.77. The van der Waals surface area contributed by atoms with Crippen LogP contribution in [0.4, 0.5) is 4.39 Å². The third-order valence-electron chi connectivity index (χ3n) is 8.96. The van der Waals surface area contributed by atoms with Crippen molar-refractivity contribution in [3.63, 3.8) is 0 Å². The first-order chi connectivity index (χ1) is 25.6. The van der Waals surface area contributed by atoms with E-state index >= 15 is 4.39 Å². The average molecular weight is 698 g/mol. The van der Waals surface area contributed by atoms with E-state index in [1.807, 2.05) is 79.7 Å². The third kappa shape index (κ3) is 8.07. The Morgan fingerprint density at radius 1 is 0.750 bits per heavy atom. The summed E-state index contributed by atoms with van der Waals surface area (Å²) in [6.45, 7) is 6.74. The molecule has 1 saturated heterocycles. The van der Waals surface area contributed by atoms with Gasteiger partial charge in [-0.25, -0.2) is 4.39 Å². The molecule has 1 amide bonds. The maximum Gasteiger partial charge on any atom is 0.274 e. The number of rotatable bonds is 13. The maximum absolute atomic E-state index is 15.6. The lowest BCUT2D eigenvalue weighted by atomic mass is 9.94. The fourth-order valence-corrected chi connectivity index (χ4v) is 6.27. The predicted molar refractivity (Wildman–Crippen MR) is 198 cm³/mol. The van der Waals surface area contributed by atoms with Gasteiger partial charge in [0.2, 0.25) is 0 Å². The van der Waals surface area contributed by atoms with E-state index in [9.17, 15) is 4.79 Å². The molecule has 52 heavy (non-hydrogen) atoms. The van der Waals surface area contributed by atoms with Crippen LogP contribution in [0.25, 0.3) is 33.6 Å². The number of carbonyl (C=O) groups is 1. The first kappa shape index (κ1) is 34.7. The molecule has 0 radical (unpaired) electrons. The Labute approximate surface area is 302 Å². The fraction of sp³-hybridized carbons (Fsp3) is 0.209. The number of benzene rings is 5. The minimum atomic E-state index is -0.410. The van der Waals surface area contributed by atoms with Gasteiger partial charge in [0.15, 0.2) is 11.5 Å². The van der Waals surface area contributed by atoms with Crippen molar-refractivity contribution in [1.29, 1.82) is 0 Å². The molecule has 1 fully saturated rings. The second kappa shape index (κ2) is 16.5. The molecule has 1 aromatic heterocycles. The fourth-order valence-electron chi connectivity index (χ4n) is 6.27. The largest absolute Gasteiger partial charge is 0.488 e. The van der Waals surface area contributed by atoms with Crippen molar-refractivity contribution in [3.05, 3.63) is 150 Å². The van der Waals surface area contributed by atoms with Gasteiger partial charge in [0, 0.05) is 43.4 Å². The molecule has 1 aliphatic heterocycles. The van der Waals surface area contributed by atoms with E-state index in [0.29, 0.717) is 46.1 Å². The highest BCUT2D eigenvalue weighted by Crippen LogP contribution is 2.46. The number of hydrogen-bond donors (Lipinski definition) is 1. The van der Waals surface area contributed by atoms with Crippen molar-refractivity contribution in [1.82, 2.24) is 15.4 Å². The molecule has 0 atom stereocenters. The predicted octanol–water partition coefficient (Wildman–Crippen LogP) is 8.55. The number of carbonyl (C=O) groups excluding carboxylic acids is 1. The van der Waals surface area contributed by atoms with Crippen molar-refractivity contribution < 1.29 is 27.9 Å². The maximum atomic E-state index is 15.6. The number of halogens is 1. The van der Waals surface area contributed by atoms with E-state index < -0.39 is 5.82 Å². The van der Waals surface area contributed by atoms with Gasteiger partial charge in [-0.1, -0.05) is 108 Å². The molecule has 0 aliphatic carbocycles. The summed E-state index contributed by atoms with van der Waals surface area (Å²) in [5, 5.41) is 7.18. The first-order valence-corrected chi connectivity index (χ1v) is 17.5. The zero-order chi connectivity index (χ0) is 35.7. The molecule has 264 valence electrons. The molecule has 0 bridgehead atoms. The first-order valence-electron chi connectivity index (χ1n) is 17.5. The Balaban J connectivity index is 1.37. The minimum Gasteiger partial charge on any atom is -0.488 e. The summed E-state index contributed by atoms with van der Waals surface area (Å²) in [7, 11) is 0. The van der Waals surface area contributed by atoms with Crippen LogP contribution in [0.15, 0.2) is 126 Å². The molecule has 8 nitrogen and oxygen atoms in total. The minimum absolute atomic E-state index is 0.142. The van der Waals surface area contributed by atoms with Gasteiger partial charge in [0.05, 0.1) is 24.3 Å². The van der Waals surface area contributed by atoms with E-state index in [1.54, 1.807) is 30.3 Å². The van der Waals surface area contributed by atoms with Crippen molar-refractivity contribution in [3.8, 4) is 45.1 Å². The van der Waals surface area contributed by atoms with Crippen LogP contribution in [-0.4, -0.2) is 48.8 Å². The van der Waals surface area contributed by atoms with Crippen LogP contribution in [0.2, 0.25) is 0 Å². The van der Waals surface area contributed by atoms with Gasteiger partial charge in [-0.15, -0.1) is 0 Å². The highest BCUT2D eigenvalue weighted by atomic mass is 19.1. The third-order valence-corrected chi connectivity index (χ3v) is 8.96. The number of amides is 1. The zero-order valence-corrected chi connectivity index (χ0v) is 29.0. The zero-order valence-electron chi connectivity index (χ0n) is 29.0. The number of ether oxygens (including phenoxy) is 3. The standard InChI is InChI=1S/C43H40FN3O5/c1-2-45-43(48)41-40(33-19-17-30(18-20-33)27-47-21-23-49-24-22-47)42(52-46-41)36-25-35(34-15-9-10-16-37(34)44)38(50-28-31-11-5-3-6-12-31)26-39(36)51-29-32-13-7-4-8-14-32/h3-20,25-26H,2,21-24,27-29H2,1H3,(H,45,48). The second-order valence-electron chi connectivity index (χ2n) is 12.6. The van der Waals surface area contributed by atoms with Crippen molar-refractivity contribution in [2.45, 2.75) is 26.7 Å². The van der Waals surface area contributed by atoms with E-state index in [-0.39, 0.29) is 24.8 Å². The van der Waals surface area contributed by atoms with E-state index in [4.69, 9.17) is 18.7 Å². The Kier molecular flexibility index (Phi) is 11.0. The normalized spacial score (nSPS) is 13.1. The number of nitrogens with zero attached hydrogens (tertiary/aromatic N) is 2. The van der Waals surface area contributed by atoms with Crippen LogP contribution in [-0.2, 0) is 24.5 Å². The van der Waals surface area contributed by atoms with Gasteiger partial charge < -0.3 is 24.1 Å².